The SMILES string of the molecule is Cc1c(C(=N)N)nc2n1CCS2. The van der Waals surface area contributed by atoms with Gasteiger partial charge in [0.25, 0.3) is 0 Å². The molecule has 0 aliphatic carbocycles. The Hall–Kier alpha value is -0.970. The molecule has 0 amide bonds. The first kappa shape index (κ1) is 7.67. The summed E-state index contributed by atoms with van der Waals surface area (Å²) < 4.78 is 2.11. The predicted molar refractivity (Wildman–Crippen MR) is 48.7 cm³/mol. The van der Waals surface area contributed by atoms with Gasteiger partial charge in [-0.15, -0.1) is 0 Å². The van der Waals surface area contributed by atoms with Gasteiger partial charge in [-0.25, -0.2) is 4.98 Å². The van der Waals surface area contributed by atoms with Crippen molar-refractivity contribution >= 4 is 17.6 Å². The van der Waals surface area contributed by atoms with Crippen LogP contribution < -0.4 is 5.73 Å². The number of nitrogens with zero attached hydrogens (tertiary/aromatic N) is 2. The molecule has 5 heteroatoms. The maximum atomic E-state index is 7.28. The van der Waals surface area contributed by atoms with Crippen LogP contribution in [-0.4, -0.2) is 21.1 Å². The predicted octanol–water partition coefficient (Wildman–Crippen LogP) is 0.581. The van der Waals surface area contributed by atoms with Gasteiger partial charge in [0.1, 0.15) is 11.5 Å². The highest BCUT2D eigenvalue weighted by molar-refractivity contribution is 7.99. The summed E-state index contributed by atoms with van der Waals surface area (Å²) in [6.45, 7) is 2.95. The fourth-order valence-corrected chi connectivity index (χ4v) is 2.36. The minimum atomic E-state index is 0.0648. The molecule has 0 saturated heterocycles. The Balaban J connectivity index is 2.54. The van der Waals surface area contributed by atoms with Crippen molar-refractivity contribution in [1.82, 2.24) is 9.55 Å². The minimum Gasteiger partial charge on any atom is -0.382 e. The number of amidine groups is 1. The number of hydrogen-bond donors (Lipinski definition) is 2. The molecule has 1 aromatic rings. The number of fused-ring (bicyclic) bond motifs is 1. The number of nitrogens with one attached hydrogen (secondary N) is 1. The summed E-state index contributed by atoms with van der Waals surface area (Å²) in [7, 11) is 0. The van der Waals surface area contributed by atoms with Gasteiger partial charge in [0.05, 0.1) is 0 Å². The van der Waals surface area contributed by atoms with Crippen molar-refractivity contribution in [3.05, 3.63) is 11.4 Å². The second kappa shape index (κ2) is 2.52. The minimum absolute atomic E-state index is 0.0648. The lowest BCUT2D eigenvalue weighted by atomic mass is 10.3. The van der Waals surface area contributed by atoms with E-state index in [0.717, 1.165) is 23.1 Å². The van der Waals surface area contributed by atoms with Crippen LogP contribution in [0.1, 0.15) is 11.4 Å². The molecule has 1 aromatic heterocycles. The molecule has 1 aliphatic rings. The van der Waals surface area contributed by atoms with Crippen LogP contribution in [-0.2, 0) is 6.54 Å². The van der Waals surface area contributed by atoms with Crippen LogP contribution in [0, 0.1) is 12.3 Å². The van der Waals surface area contributed by atoms with Crippen LogP contribution in [0.3, 0.4) is 0 Å². The molecular formula is C7H10N4S. The molecule has 4 nitrogen and oxygen atoms in total. The lowest BCUT2D eigenvalue weighted by Gasteiger charge is -1.98. The van der Waals surface area contributed by atoms with Gasteiger partial charge in [0.15, 0.2) is 5.16 Å². The topological polar surface area (TPSA) is 67.7 Å². The highest BCUT2D eigenvalue weighted by Crippen LogP contribution is 2.27. The molecular weight excluding hydrogens is 172 g/mol. The third kappa shape index (κ3) is 0.929. The van der Waals surface area contributed by atoms with E-state index in [4.69, 9.17) is 11.1 Å². The molecule has 64 valence electrons. The number of aromatic nitrogens is 2. The molecule has 0 fully saturated rings. The quantitative estimate of drug-likeness (QED) is 0.493. The van der Waals surface area contributed by atoms with Gasteiger partial charge in [0, 0.05) is 18.0 Å². The summed E-state index contributed by atoms with van der Waals surface area (Å²) in [6, 6.07) is 0. The first-order chi connectivity index (χ1) is 5.70. The molecule has 1 aliphatic heterocycles. The maximum Gasteiger partial charge on any atom is 0.169 e. The van der Waals surface area contributed by atoms with E-state index in [1.54, 1.807) is 11.8 Å². The Morgan fingerprint density at radius 1 is 1.75 bits per heavy atom. The number of imidazole rings is 1. The molecule has 0 radical (unpaired) electrons. The second-order valence-corrected chi connectivity index (χ2v) is 3.80. The first-order valence-electron chi connectivity index (χ1n) is 3.74. The van der Waals surface area contributed by atoms with Crippen LogP contribution in [0.4, 0.5) is 0 Å². The van der Waals surface area contributed by atoms with Gasteiger partial charge in [-0.1, -0.05) is 11.8 Å². The van der Waals surface area contributed by atoms with Gasteiger partial charge in [-0.3, -0.25) is 5.41 Å². The summed E-state index contributed by atoms with van der Waals surface area (Å²) in [5, 5.41) is 8.28. The Morgan fingerprint density at radius 2 is 2.50 bits per heavy atom. The normalized spacial score (nSPS) is 14.8. The zero-order valence-corrected chi connectivity index (χ0v) is 7.61. The molecule has 0 saturated carbocycles. The second-order valence-electron chi connectivity index (χ2n) is 2.74. The van der Waals surface area contributed by atoms with E-state index in [9.17, 15) is 0 Å². The van der Waals surface area contributed by atoms with E-state index in [1.807, 2.05) is 6.92 Å². The molecule has 0 unspecified atom stereocenters. The average Bonchev–Trinajstić information content (AvgIpc) is 2.53. The van der Waals surface area contributed by atoms with Gasteiger partial charge >= 0.3 is 0 Å². The molecule has 12 heavy (non-hydrogen) atoms. The lowest BCUT2D eigenvalue weighted by molar-refractivity contribution is 0.698. The molecule has 2 rings (SSSR count). The van der Waals surface area contributed by atoms with Crippen molar-refractivity contribution in [2.24, 2.45) is 5.73 Å². The van der Waals surface area contributed by atoms with Gasteiger partial charge in [-0.2, -0.15) is 0 Å². The largest absolute Gasteiger partial charge is 0.382 e. The molecule has 3 N–H and O–H groups in total. The number of nitrogens with two attached hydrogens (primary N) is 1. The van der Waals surface area contributed by atoms with Crippen molar-refractivity contribution < 1.29 is 0 Å². The van der Waals surface area contributed by atoms with Gasteiger partial charge < -0.3 is 10.3 Å². The fourth-order valence-electron chi connectivity index (χ4n) is 1.37. The average molecular weight is 182 g/mol. The van der Waals surface area contributed by atoms with Crippen LogP contribution in [0.5, 0.6) is 0 Å². The van der Waals surface area contributed by atoms with Crippen molar-refractivity contribution in [3.63, 3.8) is 0 Å². The molecule has 2 heterocycles. The Kier molecular flexibility index (Phi) is 1.61. The summed E-state index contributed by atoms with van der Waals surface area (Å²) in [4.78, 5) is 4.27. The van der Waals surface area contributed by atoms with E-state index in [0.29, 0.717) is 5.69 Å². The Bertz CT molecular complexity index is 341. The molecule has 0 aromatic carbocycles. The van der Waals surface area contributed by atoms with Crippen molar-refractivity contribution in [2.45, 2.75) is 18.6 Å². The Morgan fingerprint density at radius 3 is 3.08 bits per heavy atom. The van der Waals surface area contributed by atoms with Crippen LogP contribution in [0.15, 0.2) is 5.16 Å². The van der Waals surface area contributed by atoms with E-state index in [-0.39, 0.29) is 5.84 Å². The zero-order chi connectivity index (χ0) is 8.72. The monoisotopic (exact) mass is 182 g/mol. The maximum absolute atomic E-state index is 7.28. The van der Waals surface area contributed by atoms with Crippen molar-refractivity contribution in [2.75, 3.05) is 5.75 Å². The van der Waals surface area contributed by atoms with E-state index in [1.165, 1.54) is 0 Å². The highest BCUT2D eigenvalue weighted by atomic mass is 32.2. The number of rotatable bonds is 1. The third-order valence-corrected chi connectivity index (χ3v) is 2.94. The lowest BCUT2D eigenvalue weighted by Crippen LogP contribution is -2.13. The van der Waals surface area contributed by atoms with Gasteiger partial charge in [0.2, 0.25) is 0 Å². The number of thioether (sulfide) groups is 1. The van der Waals surface area contributed by atoms with Crippen molar-refractivity contribution in [1.29, 1.82) is 5.41 Å². The molecule has 0 atom stereocenters. The molecule has 0 bridgehead atoms. The summed E-state index contributed by atoms with van der Waals surface area (Å²) in [5.74, 6) is 1.15. The zero-order valence-electron chi connectivity index (χ0n) is 6.79. The van der Waals surface area contributed by atoms with Gasteiger partial charge in [-0.05, 0) is 6.92 Å². The number of nitrogen functional groups attached to an aromatic ring is 1. The molecule has 0 spiro atoms. The van der Waals surface area contributed by atoms with Crippen molar-refractivity contribution in [3.8, 4) is 0 Å². The highest BCUT2D eigenvalue weighted by Gasteiger charge is 2.19. The first-order valence-corrected chi connectivity index (χ1v) is 4.73. The summed E-state index contributed by atoms with van der Waals surface area (Å²) in [5.41, 5.74) is 7.03. The standard InChI is InChI=1S/C7H10N4S/c1-4-5(6(8)9)10-7-11(4)2-3-12-7/h2-3H2,1H3,(H3,8,9). The van der Waals surface area contributed by atoms with E-state index in [2.05, 4.69) is 9.55 Å². The summed E-state index contributed by atoms with van der Waals surface area (Å²) >= 11 is 1.72. The smallest absolute Gasteiger partial charge is 0.169 e. The van der Waals surface area contributed by atoms with E-state index >= 15 is 0 Å². The van der Waals surface area contributed by atoms with Crippen LogP contribution >= 0.6 is 11.8 Å². The number of hydrogen-bond acceptors (Lipinski definition) is 3. The van der Waals surface area contributed by atoms with Crippen LogP contribution in [0.25, 0.3) is 0 Å². The fraction of sp³-hybridized carbons (Fsp3) is 0.429. The summed E-state index contributed by atoms with van der Waals surface area (Å²) in [6.07, 6.45) is 0. The third-order valence-electron chi connectivity index (χ3n) is 1.99. The Labute approximate surface area is 74.7 Å². The van der Waals surface area contributed by atoms with Crippen LogP contribution in [0.2, 0.25) is 0 Å². The van der Waals surface area contributed by atoms with E-state index < -0.39 is 0 Å².